The molecule has 1 aromatic heterocycles. The maximum atomic E-state index is 6.10. The van der Waals surface area contributed by atoms with E-state index in [0.29, 0.717) is 23.2 Å². The summed E-state index contributed by atoms with van der Waals surface area (Å²) in [6.45, 7) is 0. The molecule has 2 aromatic carbocycles. The molecule has 19 heavy (non-hydrogen) atoms. The molecule has 0 aliphatic carbocycles. The van der Waals surface area contributed by atoms with Crippen LogP contribution in [-0.4, -0.2) is 10.1 Å². The van der Waals surface area contributed by atoms with Gasteiger partial charge < -0.3 is 4.52 Å². The van der Waals surface area contributed by atoms with E-state index in [4.69, 9.17) is 16.1 Å². The molecule has 3 aromatic rings. The minimum Gasteiger partial charge on any atom is -0.334 e. The van der Waals surface area contributed by atoms with Crippen LogP contribution in [0.4, 0.5) is 0 Å². The van der Waals surface area contributed by atoms with Gasteiger partial charge in [-0.2, -0.15) is 4.98 Å². The molecule has 0 bridgehead atoms. The maximum absolute atomic E-state index is 6.10. The first-order chi connectivity index (χ1) is 9.33. The van der Waals surface area contributed by atoms with Gasteiger partial charge in [-0.05, 0) is 17.7 Å². The van der Waals surface area contributed by atoms with Crippen molar-refractivity contribution in [3.8, 4) is 11.5 Å². The Balaban J connectivity index is 1.86. The van der Waals surface area contributed by atoms with Crippen LogP contribution >= 0.6 is 11.6 Å². The van der Waals surface area contributed by atoms with Crippen LogP contribution in [-0.2, 0) is 6.42 Å². The summed E-state index contributed by atoms with van der Waals surface area (Å²) >= 11 is 6.10. The van der Waals surface area contributed by atoms with E-state index in [-0.39, 0.29) is 0 Å². The number of nitrogens with zero attached hydrogens (tertiary/aromatic N) is 2. The van der Waals surface area contributed by atoms with Gasteiger partial charge in [0.15, 0.2) is 5.82 Å². The van der Waals surface area contributed by atoms with E-state index >= 15 is 0 Å². The monoisotopic (exact) mass is 270 g/mol. The smallest absolute Gasteiger partial charge is 0.259 e. The van der Waals surface area contributed by atoms with E-state index in [0.717, 1.165) is 11.1 Å². The fraction of sp³-hybridized carbons (Fsp3) is 0.0667. The molecule has 0 aliphatic heterocycles. The summed E-state index contributed by atoms with van der Waals surface area (Å²) in [6, 6.07) is 17.5. The van der Waals surface area contributed by atoms with E-state index in [1.54, 1.807) is 6.07 Å². The summed E-state index contributed by atoms with van der Waals surface area (Å²) in [6.07, 6.45) is 0.648. The molecule has 0 amide bonds. The normalized spacial score (nSPS) is 10.6. The Hall–Kier alpha value is -2.13. The number of halogens is 1. The Labute approximate surface area is 115 Å². The van der Waals surface area contributed by atoms with Gasteiger partial charge in [0.05, 0.1) is 10.6 Å². The van der Waals surface area contributed by atoms with Crippen LogP contribution in [0.5, 0.6) is 0 Å². The Kier molecular flexibility index (Phi) is 3.29. The lowest BCUT2D eigenvalue weighted by Crippen LogP contribution is -1.90. The third-order valence-electron chi connectivity index (χ3n) is 2.78. The second-order valence-electron chi connectivity index (χ2n) is 4.16. The van der Waals surface area contributed by atoms with E-state index in [9.17, 15) is 0 Å². The van der Waals surface area contributed by atoms with Gasteiger partial charge in [0, 0.05) is 6.42 Å². The Bertz CT molecular complexity index is 679. The molecule has 0 spiro atoms. The largest absolute Gasteiger partial charge is 0.334 e. The topological polar surface area (TPSA) is 38.9 Å². The van der Waals surface area contributed by atoms with Crippen molar-refractivity contribution in [3.05, 3.63) is 71.0 Å². The van der Waals surface area contributed by atoms with Gasteiger partial charge in [0.1, 0.15) is 0 Å². The SMILES string of the molecule is Clc1ccccc1-c1nc(Cc2ccccc2)no1. The molecular formula is C15H11ClN2O. The summed E-state index contributed by atoms with van der Waals surface area (Å²) in [7, 11) is 0. The molecule has 0 saturated carbocycles. The molecule has 0 aliphatic rings. The summed E-state index contributed by atoms with van der Waals surface area (Å²) in [5.74, 6) is 1.11. The lowest BCUT2D eigenvalue weighted by atomic mass is 10.1. The van der Waals surface area contributed by atoms with Gasteiger partial charge in [0.2, 0.25) is 0 Å². The highest BCUT2D eigenvalue weighted by atomic mass is 35.5. The molecule has 0 fully saturated rings. The van der Waals surface area contributed by atoms with E-state index in [2.05, 4.69) is 10.1 Å². The summed E-state index contributed by atoms with van der Waals surface area (Å²) < 4.78 is 5.26. The van der Waals surface area contributed by atoms with E-state index < -0.39 is 0 Å². The zero-order valence-electron chi connectivity index (χ0n) is 10.1. The van der Waals surface area contributed by atoms with Gasteiger partial charge in [0.25, 0.3) is 5.89 Å². The number of benzene rings is 2. The predicted octanol–water partition coefficient (Wildman–Crippen LogP) is 3.98. The first kappa shape index (κ1) is 11.9. The molecule has 0 radical (unpaired) electrons. The molecule has 0 N–H and O–H groups in total. The lowest BCUT2D eigenvalue weighted by molar-refractivity contribution is 0.424. The summed E-state index contributed by atoms with van der Waals surface area (Å²) in [4.78, 5) is 4.37. The molecule has 0 saturated heterocycles. The van der Waals surface area contributed by atoms with Crippen molar-refractivity contribution in [2.75, 3.05) is 0 Å². The molecule has 0 unspecified atom stereocenters. The van der Waals surface area contributed by atoms with Crippen molar-refractivity contribution in [2.45, 2.75) is 6.42 Å². The van der Waals surface area contributed by atoms with E-state index in [1.807, 2.05) is 48.5 Å². The minimum atomic E-state index is 0.455. The number of aromatic nitrogens is 2. The Morgan fingerprint density at radius 2 is 1.68 bits per heavy atom. The first-order valence-electron chi connectivity index (χ1n) is 5.94. The van der Waals surface area contributed by atoms with Crippen LogP contribution in [0.2, 0.25) is 5.02 Å². The predicted molar refractivity (Wildman–Crippen MR) is 74.0 cm³/mol. The minimum absolute atomic E-state index is 0.455. The van der Waals surface area contributed by atoms with Crippen molar-refractivity contribution >= 4 is 11.6 Å². The van der Waals surface area contributed by atoms with Gasteiger partial charge in [-0.3, -0.25) is 0 Å². The van der Waals surface area contributed by atoms with Crippen LogP contribution in [0, 0.1) is 0 Å². The van der Waals surface area contributed by atoms with Gasteiger partial charge >= 0.3 is 0 Å². The van der Waals surface area contributed by atoms with Crippen molar-refractivity contribution in [1.82, 2.24) is 10.1 Å². The van der Waals surface area contributed by atoms with Crippen LogP contribution in [0.3, 0.4) is 0 Å². The van der Waals surface area contributed by atoms with Crippen molar-refractivity contribution in [3.63, 3.8) is 0 Å². The zero-order chi connectivity index (χ0) is 13.1. The van der Waals surface area contributed by atoms with Gasteiger partial charge in [-0.1, -0.05) is 59.2 Å². The van der Waals surface area contributed by atoms with Crippen molar-refractivity contribution in [1.29, 1.82) is 0 Å². The molecule has 1 heterocycles. The fourth-order valence-corrected chi connectivity index (χ4v) is 2.06. The van der Waals surface area contributed by atoms with Crippen LogP contribution in [0.25, 0.3) is 11.5 Å². The molecule has 0 atom stereocenters. The Morgan fingerprint density at radius 1 is 0.947 bits per heavy atom. The number of rotatable bonds is 3. The maximum Gasteiger partial charge on any atom is 0.259 e. The van der Waals surface area contributed by atoms with E-state index in [1.165, 1.54) is 0 Å². The first-order valence-corrected chi connectivity index (χ1v) is 6.32. The standard InChI is InChI=1S/C15H11ClN2O/c16-13-9-5-4-8-12(13)15-17-14(18-19-15)10-11-6-2-1-3-7-11/h1-9H,10H2. The zero-order valence-corrected chi connectivity index (χ0v) is 10.8. The van der Waals surface area contributed by atoms with Crippen LogP contribution in [0.15, 0.2) is 59.1 Å². The highest BCUT2D eigenvalue weighted by molar-refractivity contribution is 6.33. The second kappa shape index (κ2) is 5.24. The average molecular weight is 271 g/mol. The average Bonchev–Trinajstić information content (AvgIpc) is 2.89. The number of hydrogen-bond acceptors (Lipinski definition) is 3. The van der Waals surface area contributed by atoms with Crippen LogP contribution < -0.4 is 0 Å². The quantitative estimate of drug-likeness (QED) is 0.722. The highest BCUT2D eigenvalue weighted by Crippen LogP contribution is 2.26. The summed E-state index contributed by atoms with van der Waals surface area (Å²) in [5, 5.41) is 4.59. The molecule has 4 heteroatoms. The van der Waals surface area contributed by atoms with Crippen molar-refractivity contribution < 1.29 is 4.52 Å². The summed E-state index contributed by atoms with van der Waals surface area (Å²) in [5.41, 5.74) is 1.91. The third-order valence-corrected chi connectivity index (χ3v) is 3.11. The third kappa shape index (κ3) is 2.66. The van der Waals surface area contributed by atoms with Crippen molar-refractivity contribution in [2.24, 2.45) is 0 Å². The van der Waals surface area contributed by atoms with Gasteiger partial charge in [-0.25, -0.2) is 0 Å². The van der Waals surface area contributed by atoms with Crippen LogP contribution in [0.1, 0.15) is 11.4 Å². The molecule has 3 rings (SSSR count). The highest BCUT2D eigenvalue weighted by Gasteiger charge is 2.11. The van der Waals surface area contributed by atoms with Gasteiger partial charge in [-0.15, -0.1) is 0 Å². The second-order valence-corrected chi connectivity index (χ2v) is 4.57. The molecular weight excluding hydrogens is 260 g/mol. The lowest BCUT2D eigenvalue weighted by Gasteiger charge is -1.96. The molecule has 94 valence electrons. The fourth-order valence-electron chi connectivity index (χ4n) is 1.85. The molecule has 3 nitrogen and oxygen atoms in total. The number of hydrogen-bond donors (Lipinski definition) is 0. The Morgan fingerprint density at radius 3 is 2.47 bits per heavy atom.